The van der Waals surface area contributed by atoms with Crippen LogP contribution in [0.2, 0.25) is 0 Å². The van der Waals surface area contributed by atoms with Crippen LogP contribution in [0, 0.1) is 0 Å². The molecule has 2 aromatic rings. The average Bonchev–Trinajstić information content (AvgIpc) is 2.49. The summed E-state index contributed by atoms with van der Waals surface area (Å²) in [4.78, 5) is 0. The molecule has 2 aromatic carbocycles. The average molecular weight is 350 g/mol. The van der Waals surface area contributed by atoms with Gasteiger partial charge in [0.15, 0.2) is 0 Å². The molecular formula is C17H20BrNO2. The number of methoxy groups -OCH3 is 1. The molecule has 21 heavy (non-hydrogen) atoms. The second-order valence-electron chi connectivity index (χ2n) is 4.99. The van der Waals surface area contributed by atoms with Crippen LogP contribution in [-0.4, -0.2) is 18.8 Å². The van der Waals surface area contributed by atoms with Gasteiger partial charge in [0.25, 0.3) is 0 Å². The number of phenols is 1. The van der Waals surface area contributed by atoms with E-state index in [-0.39, 0.29) is 6.04 Å². The molecule has 0 aliphatic carbocycles. The number of rotatable bonds is 6. The lowest BCUT2D eigenvalue weighted by atomic mass is 10.1. The normalized spacial score (nSPS) is 12.1. The van der Waals surface area contributed by atoms with Gasteiger partial charge in [-0.2, -0.15) is 0 Å². The summed E-state index contributed by atoms with van der Waals surface area (Å²) in [6.45, 7) is 3.03. The first-order chi connectivity index (χ1) is 10.1. The molecule has 0 aromatic heterocycles. The summed E-state index contributed by atoms with van der Waals surface area (Å²) in [6.07, 6.45) is 0.932. The summed E-state index contributed by atoms with van der Waals surface area (Å²) in [5.74, 6) is 1.15. The van der Waals surface area contributed by atoms with Crippen LogP contribution in [-0.2, 0) is 6.42 Å². The Bertz CT molecular complexity index is 584. The van der Waals surface area contributed by atoms with E-state index >= 15 is 0 Å². The minimum atomic E-state index is 0.268. The summed E-state index contributed by atoms with van der Waals surface area (Å²) >= 11 is 3.51. The van der Waals surface area contributed by atoms with E-state index in [1.54, 1.807) is 19.2 Å². The van der Waals surface area contributed by atoms with Crippen LogP contribution in [0.1, 0.15) is 24.1 Å². The molecule has 0 spiro atoms. The van der Waals surface area contributed by atoms with Crippen molar-refractivity contribution in [2.45, 2.75) is 19.4 Å². The third-order valence-electron chi connectivity index (χ3n) is 3.48. The van der Waals surface area contributed by atoms with E-state index in [0.29, 0.717) is 5.75 Å². The van der Waals surface area contributed by atoms with E-state index in [1.165, 1.54) is 11.1 Å². The van der Waals surface area contributed by atoms with E-state index in [1.807, 2.05) is 18.2 Å². The molecule has 0 fully saturated rings. The third kappa shape index (κ3) is 4.48. The molecule has 0 aliphatic heterocycles. The fourth-order valence-electron chi connectivity index (χ4n) is 2.17. The second kappa shape index (κ2) is 7.48. The predicted molar refractivity (Wildman–Crippen MR) is 88.9 cm³/mol. The molecule has 2 rings (SSSR count). The number of benzene rings is 2. The lowest BCUT2D eigenvalue weighted by Gasteiger charge is -2.15. The Balaban J connectivity index is 1.88. The molecule has 0 saturated carbocycles. The highest BCUT2D eigenvalue weighted by Crippen LogP contribution is 2.27. The number of halogens is 1. The maximum Gasteiger partial charge on any atom is 0.133 e. The van der Waals surface area contributed by atoms with E-state index in [0.717, 1.165) is 23.2 Å². The third-order valence-corrected chi connectivity index (χ3v) is 4.10. The summed E-state index contributed by atoms with van der Waals surface area (Å²) in [7, 11) is 1.67. The maximum atomic E-state index is 9.26. The zero-order chi connectivity index (χ0) is 15.2. The molecule has 0 aliphatic rings. The fourth-order valence-corrected chi connectivity index (χ4v) is 2.72. The van der Waals surface area contributed by atoms with Crippen molar-refractivity contribution in [3.63, 3.8) is 0 Å². The molecule has 1 atom stereocenters. The van der Waals surface area contributed by atoms with Crippen molar-refractivity contribution in [2.75, 3.05) is 13.7 Å². The predicted octanol–water partition coefficient (Wildman–Crippen LogP) is 4.06. The Morgan fingerprint density at radius 1 is 1.19 bits per heavy atom. The molecule has 3 nitrogen and oxygen atoms in total. The number of aromatic hydroxyl groups is 1. The van der Waals surface area contributed by atoms with Crippen molar-refractivity contribution in [3.05, 3.63) is 58.1 Å². The molecule has 4 heteroatoms. The molecule has 112 valence electrons. The first-order valence-corrected chi connectivity index (χ1v) is 7.74. The van der Waals surface area contributed by atoms with Crippen molar-refractivity contribution in [1.82, 2.24) is 5.32 Å². The zero-order valence-corrected chi connectivity index (χ0v) is 13.9. The number of hydrogen-bond acceptors (Lipinski definition) is 3. The zero-order valence-electron chi connectivity index (χ0n) is 12.3. The second-order valence-corrected chi connectivity index (χ2v) is 5.84. The first kappa shape index (κ1) is 15.9. The van der Waals surface area contributed by atoms with Gasteiger partial charge in [0.05, 0.1) is 11.6 Å². The SMILES string of the molecule is COc1ccc(C(C)NCCc2ccc(O)cc2)cc1Br. The van der Waals surface area contributed by atoms with E-state index in [9.17, 15) is 5.11 Å². The van der Waals surface area contributed by atoms with Crippen molar-refractivity contribution in [2.24, 2.45) is 0 Å². The van der Waals surface area contributed by atoms with Crippen molar-refractivity contribution >= 4 is 15.9 Å². The summed E-state index contributed by atoms with van der Waals surface area (Å²) < 4.78 is 6.21. The molecule has 0 saturated heterocycles. The first-order valence-electron chi connectivity index (χ1n) is 6.95. The van der Waals surface area contributed by atoms with Crippen LogP contribution in [0.5, 0.6) is 11.5 Å². The summed E-state index contributed by atoms with van der Waals surface area (Å²) in [5.41, 5.74) is 2.43. The highest BCUT2D eigenvalue weighted by atomic mass is 79.9. The van der Waals surface area contributed by atoms with Gasteiger partial charge in [0.1, 0.15) is 11.5 Å². The van der Waals surface area contributed by atoms with Gasteiger partial charge in [-0.15, -0.1) is 0 Å². The number of hydrogen-bond donors (Lipinski definition) is 2. The van der Waals surface area contributed by atoms with Crippen LogP contribution in [0.3, 0.4) is 0 Å². The Morgan fingerprint density at radius 2 is 1.90 bits per heavy atom. The Kier molecular flexibility index (Phi) is 5.65. The van der Waals surface area contributed by atoms with Crippen LogP contribution in [0.15, 0.2) is 46.9 Å². The largest absolute Gasteiger partial charge is 0.508 e. The number of phenolic OH excluding ortho intramolecular Hbond substituents is 1. The highest BCUT2D eigenvalue weighted by molar-refractivity contribution is 9.10. The van der Waals surface area contributed by atoms with E-state index < -0.39 is 0 Å². The molecule has 0 bridgehead atoms. The van der Waals surface area contributed by atoms with Gasteiger partial charge in [0.2, 0.25) is 0 Å². The molecule has 0 amide bonds. The van der Waals surface area contributed by atoms with Crippen LogP contribution < -0.4 is 10.1 Å². The van der Waals surface area contributed by atoms with E-state index in [2.05, 4.69) is 40.3 Å². The Labute approximate surface area is 134 Å². The lowest BCUT2D eigenvalue weighted by Crippen LogP contribution is -2.21. The van der Waals surface area contributed by atoms with Gasteiger partial charge in [-0.25, -0.2) is 0 Å². The standard InChI is InChI=1S/C17H20BrNO2/c1-12(14-5-8-17(21-2)16(18)11-14)19-10-9-13-3-6-15(20)7-4-13/h3-8,11-12,19-20H,9-10H2,1-2H3. The van der Waals surface area contributed by atoms with Crippen molar-refractivity contribution in [1.29, 1.82) is 0 Å². The van der Waals surface area contributed by atoms with Gasteiger partial charge in [-0.05, 0) is 71.2 Å². The molecular weight excluding hydrogens is 330 g/mol. The topological polar surface area (TPSA) is 41.5 Å². The molecule has 1 unspecified atom stereocenters. The summed E-state index contributed by atoms with van der Waals surface area (Å²) in [5, 5.41) is 12.8. The van der Waals surface area contributed by atoms with Crippen molar-refractivity contribution < 1.29 is 9.84 Å². The Morgan fingerprint density at radius 3 is 2.52 bits per heavy atom. The van der Waals surface area contributed by atoms with Gasteiger partial charge in [-0.1, -0.05) is 18.2 Å². The van der Waals surface area contributed by atoms with E-state index in [4.69, 9.17) is 4.74 Å². The molecule has 2 N–H and O–H groups in total. The van der Waals surface area contributed by atoms with Gasteiger partial charge in [0, 0.05) is 6.04 Å². The fraction of sp³-hybridized carbons (Fsp3) is 0.294. The maximum absolute atomic E-state index is 9.26. The Hall–Kier alpha value is -1.52. The lowest BCUT2D eigenvalue weighted by molar-refractivity contribution is 0.411. The smallest absolute Gasteiger partial charge is 0.133 e. The highest BCUT2D eigenvalue weighted by Gasteiger charge is 2.07. The molecule has 0 heterocycles. The summed E-state index contributed by atoms with van der Waals surface area (Å²) in [6, 6.07) is 13.7. The minimum absolute atomic E-state index is 0.268. The minimum Gasteiger partial charge on any atom is -0.508 e. The van der Waals surface area contributed by atoms with Crippen molar-refractivity contribution in [3.8, 4) is 11.5 Å². The van der Waals surface area contributed by atoms with Crippen LogP contribution in [0.25, 0.3) is 0 Å². The number of ether oxygens (including phenoxy) is 1. The van der Waals surface area contributed by atoms with Crippen LogP contribution in [0.4, 0.5) is 0 Å². The van der Waals surface area contributed by atoms with Gasteiger partial charge in [-0.3, -0.25) is 0 Å². The monoisotopic (exact) mass is 349 g/mol. The van der Waals surface area contributed by atoms with Gasteiger partial charge >= 0.3 is 0 Å². The van der Waals surface area contributed by atoms with Crippen LogP contribution >= 0.6 is 15.9 Å². The molecule has 0 radical (unpaired) electrons. The number of nitrogens with one attached hydrogen (secondary N) is 1. The van der Waals surface area contributed by atoms with Gasteiger partial charge < -0.3 is 15.2 Å². The quantitative estimate of drug-likeness (QED) is 0.826.